The number of unbranched alkanes of at least 4 members (excludes halogenated alkanes) is 5. The predicted molar refractivity (Wildman–Crippen MR) is 101 cm³/mol. The van der Waals surface area contributed by atoms with Crippen molar-refractivity contribution in [2.75, 3.05) is 13.2 Å². The largest absolute Gasteiger partial charge is 0.479 e. The zero-order valence-corrected chi connectivity index (χ0v) is 15.4. The highest BCUT2D eigenvalue weighted by molar-refractivity contribution is 5.75. The maximum atomic E-state index is 9.64. The highest BCUT2D eigenvalue weighted by Crippen LogP contribution is 2.24. The number of ether oxygens (including phenoxy) is 1. The van der Waals surface area contributed by atoms with Gasteiger partial charge in [0.15, 0.2) is 5.90 Å². The van der Waals surface area contributed by atoms with Crippen molar-refractivity contribution in [3.05, 3.63) is 35.4 Å². The van der Waals surface area contributed by atoms with E-state index in [1.165, 1.54) is 56.1 Å². The summed E-state index contributed by atoms with van der Waals surface area (Å²) in [4.78, 5) is 4.49. The highest BCUT2D eigenvalue weighted by Gasteiger charge is 2.34. The van der Waals surface area contributed by atoms with E-state index in [4.69, 9.17) is 4.74 Å². The van der Waals surface area contributed by atoms with E-state index in [0.29, 0.717) is 12.5 Å². The Morgan fingerprint density at radius 3 is 2.21 bits per heavy atom. The molecule has 0 bridgehead atoms. The molecule has 1 heterocycles. The van der Waals surface area contributed by atoms with Gasteiger partial charge in [0.1, 0.15) is 12.1 Å². The van der Waals surface area contributed by atoms with Crippen LogP contribution in [0.5, 0.6) is 0 Å². The van der Waals surface area contributed by atoms with Gasteiger partial charge in [0.25, 0.3) is 0 Å². The van der Waals surface area contributed by atoms with Crippen molar-refractivity contribution in [3.8, 4) is 0 Å². The monoisotopic (exact) mass is 331 g/mol. The van der Waals surface area contributed by atoms with Gasteiger partial charge in [-0.3, -0.25) is 0 Å². The topological polar surface area (TPSA) is 41.8 Å². The van der Waals surface area contributed by atoms with Crippen molar-refractivity contribution in [2.45, 2.75) is 77.2 Å². The molecule has 3 nitrogen and oxygen atoms in total. The minimum Gasteiger partial charge on any atom is -0.479 e. The summed E-state index contributed by atoms with van der Waals surface area (Å²) in [6.07, 6.45) is 11.0. The van der Waals surface area contributed by atoms with Crippen molar-refractivity contribution >= 4 is 5.90 Å². The number of aliphatic imine (C=N–C) groups is 1. The fraction of sp³-hybridized carbons (Fsp3) is 0.667. The van der Waals surface area contributed by atoms with Crippen molar-refractivity contribution in [1.82, 2.24) is 0 Å². The molecule has 0 amide bonds. The number of aliphatic hydroxyl groups is 1. The van der Waals surface area contributed by atoms with Gasteiger partial charge in [0.2, 0.25) is 0 Å². The lowest BCUT2D eigenvalue weighted by atomic mass is 9.93. The summed E-state index contributed by atoms with van der Waals surface area (Å²) in [7, 11) is 0. The summed E-state index contributed by atoms with van der Waals surface area (Å²) < 4.78 is 5.44. The second-order valence-electron chi connectivity index (χ2n) is 7.14. The molecule has 134 valence electrons. The van der Waals surface area contributed by atoms with Gasteiger partial charge in [-0.2, -0.15) is 0 Å². The van der Waals surface area contributed by atoms with Crippen LogP contribution >= 0.6 is 0 Å². The van der Waals surface area contributed by atoms with E-state index in [0.717, 1.165) is 12.8 Å². The lowest BCUT2D eigenvalue weighted by Gasteiger charge is -2.21. The average molecular weight is 332 g/mol. The van der Waals surface area contributed by atoms with Gasteiger partial charge in [-0.25, -0.2) is 4.99 Å². The van der Waals surface area contributed by atoms with E-state index in [-0.39, 0.29) is 6.61 Å². The lowest BCUT2D eigenvalue weighted by molar-refractivity contribution is 0.150. The number of aliphatic hydroxyl groups excluding tert-OH is 1. The maximum absolute atomic E-state index is 9.64. The van der Waals surface area contributed by atoms with E-state index in [9.17, 15) is 5.11 Å². The molecule has 2 rings (SSSR count). The maximum Gasteiger partial charge on any atom is 0.180 e. The highest BCUT2D eigenvalue weighted by atomic mass is 16.5. The van der Waals surface area contributed by atoms with Gasteiger partial charge in [0, 0.05) is 6.92 Å². The molecule has 3 heteroatoms. The zero-order valence-electron chi connectivity index (χ0n) is 15.4. The van der Waals surface area contributed by atoms with E-state index < -0.39 is 5.54 Å². The first-order chi connectivity index (χ1) is 11.7. The molecule has 1 aliphatic heterocycles. The van der Waals surface area contributed by atoms with Crippen molar-refractivity contribution < 1.29 is 9.84 Å². The summed E-state index contributed by atoms with van der Waals surface area (Å²) in [6.45, 7) is 4.68. The minimum atomic E-state index is -0.429. The Balaban J connectivity index is 1.72. The van der Waals surface area contributed by atoms with Crippen LogP contribution in [0.3, 0.4) is 0 Å². The molecule has 0 saturated carbocycles. The average Bonchev–Trinajstić information content (AvgIpc) is 2.99. The van der Waals surface area contributed by atoms with E-state index in [1.54, 1.807) is 0 Å². The Kier molecular flexibility index (Phi) is 7.77. The molecule has 0 aromatic heterocycles. The predicted octanol–water partition coefficient (Wildman–Crippen LogP) is 4.70. The van der Waals surface area contributed by atoms with Crippen molar-refractivity contribution in [2.24, 2.45) is 4.99 Å². The third-order valence-corrected chi connectivity index (χ3v) is 4.96. The Hall–Kier alpha value is -1.35. The second-order valence-corrected chi connectivity index (χ2v) is 7.14. The molecule has 0 aliphatic carbocycles. The van der Waals surface area contributed by atoms with Crippen LogP contribution in [0.2, 0.25) is 0 Å². The van der Waals surface area contributed by atoms with Crippen LogP contribution in [0.15, 0.2) is 29.3 Å². The van der Waals surface area contributed by atoms with E-state index in [1.807, 2.05) is 6.92 Å². The second kappa shape index (κ2) is 9.83. The molecule has 0 radical (unpaired) electrons. The smallest absolute Gasteiger partial charge is 0.180 e. The summed E-state index contributed by atoms with van der Waals surface area (Å²) >= 11 is 0. The van der Waals surface area contributed by atoms with Gasteiger partial charge < -0.3 is 9.84 Å². The molecule has 1 aromatic rings. The van der Waals surface area contributed by atoms with Crippen LogP contribution in [0.25, 0.3) is 0 Å². The summed E-state index contributed by atoms with van der Waals surface area (Å²) in [6, 6.07) is 8.97. The number of nitrogens with zero attached hydrogens (tertiary/aromatic N) is 1. The van der Waals surface area contributed by atoms with E-state index in [2.05, 4.69) is 36.2 Å². The molecule has 0 unspecified atom stereocenters. The Morgan fingerprint density at radius 2 is 1.62 bits per heavy atom. The molecule has 0 spiro atoms. The molecule has 0 fully saturated rings. The lowest BCUT2D eigenvalue weighted by Crippen LogP contribution is -2.33. The zero-order chi connectivity index (χ0) is 17.3. The van der Waals surface area contributed by atoms with Crippen LogP contribution in [0, 0.1) is 0 Å². The number of aryl methyl sites for hydroxylation is 2. The first kappa shape index (κ1) is 19.0. The third kappa shape index (κ3) is 5.94. The summed E-state index contributed by atoms with van der Waals surface area (Å²) in [5, 5.41) is 9.64. The fourth-order valence-electron chi connectivity index (χ4n) is 3.28. The van der Waals surface area contributed by atoms with Gasteiger partial charge >= 0.3 is 0 Å². The molecule has 1 aromatic carbocycles. The van der Waals surface area contributed by atoms with Crippen LogP contribution in [0.1, 0.15) is 69.9 Å². The molecular formula is C21H33NO2. The van der Waals surface area contributed by atoms with Crippen LogP contribution in [-0.4, -0.2) is 29.8 Å². The van der Waals surface area contributed by atoms with Crippen LogP contribution < -0.4 is 0 Å². The number of rotatable bonds is 11. The van der Waals surface area contributed by atoms with Crippen molar-refractivity contribution in [3.63, 3.8) is 0 Å². The Labute approximate surface area is 147 Å². The summed E-state index contributed by atoms with van der Waals surface area (Å²) in [5.74, 6) is 0.693. The van der Waals surface area contributed by atoms with E-state index >= 15 is 0 Å². The standard InChI is InChI=1S/C21H33NO2/c1-3-4-5-6-7-8-9-19-10-12-20(13-11-19)14-15-21(16-23)17-24-18(2)22-21/h10-13,23H,3-9,14-17H2,1-2H3/t21-/m0/s1. The number of hydrogen-bond donors (Lipinski definition) is 1. The molecule has 1 N–H and O–H groups in total. The van der Waals surface area contributed by atoms with Crippen molar-refractivity contribution in [1.29, 1.82) is 0 Å². The molecular weight excluding hydrogens is 298 g/mol. The van der Waals surface area contributed by atoms with Crippen LogP contribution in [-0.2, 0) is 17.6 Å². The van der Waals surface area contributed by atoms with Crippen LogP contribution in [0.4, 0.5) is 0 Å². The fourth-order valence-corrected chi connectivity index (χ4v) is 3.28. The Bertz CT molecular complexity index is 509. The third-order valence-electron chi connectivity index (χ3n) is 4.96. The SMILES string of the molecule is CCCCCCCCc1ccc(CC[C@]2(CO)COC(C)=N2)cc1. The van der Waals surface area contributed by atoms with Gasteiger partial charge in [-0.15, -0.1) is 0 Å². The van der Waals surface area contributed by atoms with Gasteiger partial charge in [0.05, 0.1) is 6.61 Å². The normalized spacial score (nSPS) is 20.0. The quantitative estimate of drug-likeness (QED) is 0.597. The number of hydrogen-bond acceptors (Lipinski definition) is 3. The van der Waals surface area contributed by atoms with Gasteiger partial charge in [-0.1, -0.05) is 63.3 Å². The summed E-state index contributed by atoms with van der Waals surface area (Å²) in [5.41, 5.74) is 2.32. The molecule has 0 saturated heterocycles. The van der Waals surface area contributed by atoms with Gasteiger partial charge in [-0.05, 0) is 36.8 Å². The molecule has 1 aliphatic rings. The molecule has 1 atom stereocenters. The number of benzene rings is 1. The first-order valence-electron chi connectivity index (χ1n) is 9.55. The Morgan fingerprint density at radius 1 is 1.00 bits per heavy atom. The molecule has 24 heavy (non-hydrogen) atoms. The first-order valence-corrected chi connectivity index (χ1v) is 9.55. The minimum absolute atomic E-state index is 0.0560.